The molecule has 60 heavy (non-hydrogen) atoms. The SMILES string of the molecule is c1ccc(-c2ccccc2-c2ccccc2-c2ccccc2N(c2ccc(-c3ccc4c5ccccc5n(-c5ccccc5)c4c3)cc2)c2cccc3ccccc23)cc1. The van der Waals surface area contributed by atoms with Crippen molar-refractivity contribution in [1.29, 1.82) is 0 Å². The predicted octanol–water partition coefficient (Wildman–Crippen LogP) is 16.1. The molecular formula is C58H40N2. The zero-order valence-corrected chi connectivity index (χ0v) is 33.0. The largest absolute Gasteiger partial charge is 0.309 e. The topological polar surface area (TPSA) is 8.17 Å². The van der Waals surface area contributed by atoms with Crippen LogP contribution in [0.25, 0.3) is 82.8 Å². The fourth-order valence-electron chi connectivity index (χ4n) is 9.06. The molecule has 1 heterocycles. The molecule has 11 rings (SSSR count). The van der Waals surface area contributed by atoms with E-state index < -0.39 is 0 Å². The third-order valence-electron chi connectivity index (χ3n) is 11.8. The fourth-order valence-corrected chi connectivity index (χ4v) is 9.06. The molecule has 0 unspecified atom stereocenters. The van der Waals surface area contributed by atoms with Crippen LogP contribution in [0.2, 0.25) is 0 Å². The number of nitrogens with zero attached hydrogens (tertiary/aromatic N) is 2. The maximum absolute atomic E-state index is 2.44. The molecule has 0 radical (unpaired) electrons. The van der Waals surface area contributed by atoms with Crippen LogP contribution in [-0.4, -0.2) is 4.57 Å². The Kier molecular flexibility index (Phi) is 8.87. The molecule has 0 bridgehead atoms. The number of aromatic nitrogens is 1. The van der Waals surface area contributed by atoms with Crippen LogP contribution in [-0.2, 0) is 0 Å². The van der Waals surface area contributed by atoms with Gasteiger partial charge in [-0.25, -0.2) is 0 Å². The summed E-state index contributed by atoms with van der Waals surface area (Å²) in [6.07, 6.45) is 0. The Morgan fingerprint density at radius 2 is 0.800 bits per heavy atom. The Morgan fingerprint density at radius 3 is 1.57 bits per heavy atom. The molecule has 0 saturated heterocycles. The molecule has 0 fully saturated rings. The average Bonchev–Trinajstić information content (AvgIpc) is 3.66. The van der Waals surface area contributed by atoms with Crippen LogP contribution in [0.5, 0.6) is 0 Å². The Labute approximate surface area is 350 Å². The number of rotatable bonds is 8. The van der Waals surface area contributed by atoms with E-state index in [9.17, 15) is 0 Å². The van der Waals surface area contributed by atoms with Gasteiger partial charge in [0.2, 0.25) is 0 Å². The van der Waals surface area contributed by atoms with Crippen LogP contribution < -0.4 is 4.90 Å². The molecule has 0 aliphatic carbocycles. The van der Waals surface area contributed by atoms with Crippen molar-refractivity contribution in [3.8, 4) is 50.2 Å². The monoisotopic (exact) mass is 764 g/mol. The summed E-state index contributed by atoms with van der Waals surface area (Å²) in [6.45, 7) is 0. The van der Waals surface area contributed by atoms with Gasteiger partial charge in [-0.15, -0.1) is 0 Å². The van der Waals surface area contributed by atoms with Gasteiger partial charge in [-0.05, 0) is 92.9 Å². The number of hydrogen-bond donors (Lipinski definition) is 0. The summed E-state index contributed by atoms with van der Waals surface area (Å²) in [5.41, 5.74) is 16.4. The maximum atomic E-state index is 2.44. The highest BCUT2D eigenvalue weighted by Gasteiger charge is 2.22. The van der Waals surface area contributed by atoms with Gasteiger partial charge < -0.3 is 9.47 Å². The summed E-state index contributed by atoms with van der Waals surface area (Å²) >= 11 is 0. The lowest BCUT2D eigenvalue weighted by Gasteiger charge is -2.29. The molecule has 0 spiro atoms. The van der Waals surface area contributed by atoms with Crippen LogP contribution in [0.4, 0.5) is 17.1 Å². The molecular weight excluding hydrogens is 725 g/mol. The molecule has 2 heteroatoms. The molecule has 2 nitrogen and oxygen atoms in total. The molecule has 0 aliphatic heterocycles. The van der Waals surface area contributed by atoms with Gasteiger partial charge >= 0.3 is 0 Å². The fraction of sp³-hybridized carbons (Fsp3) is 0. The lowest BCUT2D eigenvalue weighted by molar-refractivity contribution is 1.18. The third kappa shape index (κ3) is 6.14. The minimum Gasteiger partial charge on any atom is -0.309 e. The van der Waals surface area contributed by atoms with E-state index in [1.807, 2.05) is 0 Å². The van der Waals surface area contributed by atoms with Gasteiger partial charge in [0, 0.05) is 33.1 Å². The lowest BCUT2D eigenvalue weighted by atomic mass is 9.88. The predicted molar refractivity (Wildman–Crippen MR) is 255 cm³/mol. The summed E-state index contributed by atoms with van der Waals surface area (Å²) < 4.78 is 2.39. The van der Waals surface area contributed by atoms with Gasteiger partial charge in [-0.3, -0.25) is 0 Å². The van der Waals surface area contributed by atoms with Crippen molar-refractivity contribution in [3.63, 3.8) is 0 Å². The first-order valence-corrected chi connectivity index (χ1v) is 20.6. The Balaban J connectivity index is 1.07. The first-order chi connectivity index (χ1) is 29.8. The maximum Gasteiger partial charge on any atom is 0.0547 e. The lowest BCUT2D eigenvalue weighted by Crippen LogP contribution is -2.12. The highest BCUT2D eigenvalue weighted by molar-refractivity contribution is 6.10. The van der Waals surface area contributed by atoms with E-state index in [1.165, 1.54) is 71.5 Å². The third-order valence-corrected chi connectivity index (χ3v) is 11.8. The Hall–Kier alpha value is -7.94. The standard InChI is InChI=1S/C58H40N2/c1-3-18-42(19-4-1)47-24-9-10-26-49(47)50-27-11-12-28-51(50)52-29-13-15-31-56(52)59(55-33-17-21-43-20-7-8-25-48(43)55)46-37-34-41(35-38-46)44-36-39-54-53-30-14-16-32-57(53)60(58(54)40-44)45-22-5-2-6-23-45/h1-40H. The Bertz CT molecular complexity index is 3300. The van der Waals surface area contributed by atoms with Gasteiger partial charge in [0.15, 0.2) is 0 Å². The van der Waals surface area contributed by atoms with Crippen molar-refractivity contribution >= 4 is 49.6 Å². The highest BCUT2D eigenvalue weighted by Crippen LogP contribution is 2.47. The molecule has 0 amide bonds. The zero-order valence-electron chi connectivity index (χ0n) is 33.0. The van der Waals surface area contributed by atoms with E-state index in [4.69, 9.17) is 0 Å². The number of anilines is 3. The van der Waals surface area contributed by atoms with Gasteiger partial charge in [0.1, 0.15) is 0 Å². The van der Waals surface area contributed by atoms with Crippen LogP contribution in [0.3, 0.4) is 0 Å². The summed E-state index contributed by atoms with van der Waals surface area (Å²) in [4.78, 5) is 2.44. The number of benzene rings is 10. The molecule has 0 N–H and O–H groups in total. The number of fused-ring (bicyclic) bond motifs is 4. The quantitative estimate of drug-likeness (QED) is 0.150. The van der Waals surface area contributed by atoms with Crippen LogP contribution in [0.1, 0.15) is 0 Å². The minimum atomic E-state index is 1.09. The number of hydrogen-bond acceptors (Lipinski definition) is 1. The van der Waals surface area contributed by atoms with E-state index in [2.05, 4.69) is 252 Å². The van der Waals surface area contributed by atoms with Gasteiger partial charge in [-0.2, -0.15) is 0 Å². The van der Waals surface area contributed by atoms with E-state index in [0.717, 1.165) is 28.3 Å². The van der Waals surface area contributed by atoms with Crippen molar-refractivity contribution in [2.24, 2.45) is 0 Å². The van der Waals surface area contributed by atoms with Crippen LogP contribution >= 0.6 is 0 Å². The van der Waals surface area contributed by atoms with E-state index in [-0.39, 0.29) is 0 Å². The number of para-hydroxylation sites is 3. The molecule has 11 aromatic rings. The highest BCUT2D eigenvalue weighted by atomic mass is 15.1. The second-order valence-electron chi connectivity index (χ2n) is 15.3. The van der Waals surface area contributed by atoms with Crippen molar-refractivity contribution in [2.75, 3.05) is 4.90 Å². The minimum absolute atomic E-state index is 1.09. The average molecular weight is 765 g/mol. The van der Waals surface area contributed by atoms with Gasteiger partial charge in [0.25, 0.3) is 0 Å². The normalized spacial score (nSPS) is 11.3. The Morgan fingerprint density at radius 1 is 0.283 bits per heavy atom. The second kappa shape index (κ2) is 15.1. The molecule has 0 aliphatic rings. The second-order valence-corrected chi connectivity index (χ2v) is 15.3. The smallest absolute Gasteiger partial charge is 0.0547 e. The molecule has 1 aromatic heterocycles. The van der Waals surface area contributed by atoms with Crippen molar-refractivity contribution in [3.05, 3.63) is 243 Å². The van der Waals surface area contributed by atoms with E-state index in [0.29, 0.717) is 0 Å². The van der Waals surface area contributed by atoms with E-state index in [1.54, 1.807) is 0 Å². The summed E-state index contributed by atoms with van der Waals surface area (Å²) in [7, 11) is 0. The first-order valence-electron chi connectivity index (χ1n) is 20.6. The van der Waals surface area contributed by atoms with Crippen LogP contribution in [0, 0.1) is 0 Å². The summed E-state index contributed by atoms with van der Waals surface area (Å²) in [5, 5.41) is 4.90. The van der Waals surface area contributed by atoms with Crippen molar-refractivity contribution < 1.29 is 0 Å². The molecule has 10 aromatic carbocycles. The van der Waals surface area contributed by atoms with Crippen molar-refractivity contribution in [2.45, 2.75) is 0 Å². The molecule has 0 atom stereocenters. The first kappa shape index (κ1) is 35.2. The van der Waals surface area contributed by atoms with Crippen molar-refractivity contribution in [1.82, 2.24) is 4.57 Å². The van der Waals surface area contributed by atoms with Gasteiger partial charge in [0.05, 0.1) is 22.4 Å². The molecule has 0 saturated carbocycles. The van der Waals surface area contributed by atoms with Gasteiger partial charge in [-0.1, -0.05) is 194 Å². The van der Waals surface area contributed by atoms with E-state index >= 15 is 0 Å². The zero-order chi connectivity index (χ0) is 39.8. The molecule has 282 valence electrons. The summed E-state index contributed by atoms with van der Waals surface area (Å²) in [5.74, 6) is 0. The summed E-state index contributed by atoms with van der Waals surface area (Å²) in [6, 6.07) is 87.9. The van der Waals surface area contributed by atoms with Crippen LogP contribution in [0.15, 0.2) is 243 Å².